The average Bonchev–Trinajstić information content (AvgIpc) is 3.08. The van der Waals surface area contributed by atoms with Gasteiger partial charge in [0.15, 0.2) is 22.8 Å². The van der Waals surface area contributed by atoms with Gasteiger partial charge >= 0.3 is 0 Å². The molecule has 0 saturated carbocycles. The van der Waals surface area contributed by atoms with Gasteiger partial charge in [0.2, 0.25) is 5.91 Å². The number of amides is 1. The van der Waals surface area contributed by atoms with Crippen LogP contribution in [0.2, 0.25) is 5.02 Å². The van der Waals surface area contributed by atoms with Gasteiger partial charge in [0.05, 0.1) is 23.3 Å². The molecule has 1 aromatic heterocycles. The highest BCUT2D eigenvalue weighted by molar-refractivity contribution is 7.99. The second-order valence-electron chi connectivity index (χ2n) is 6.26. The molecule has 4 rings (SSSR count). The highest BCUT2D eigenvalue weighted by atomic mass is 35.5. The minimum absolute atomic E-state index is 0.000877. The van der Waals surface area contributed by atoms with Gasteiger partial charge in [-0.3, -0.25) is 4.79 Å². The van der Waals surface area contributed by atoms with Crippen LogP contribution in [0.15, 0.2) is 47.6 Å². The third-order valence-electron chi connectivity index (χ3n) is 4.23. The smallest absolute Gasteiger partial charge is 0.232 e. The predicted octanol–water partition coefficient (Wildman–Crippen LogP) is 3.61. The Labute approximate surface area is 165 Å². The Morgan fingerprint density at radius 1 is 1.33 bits per heavy atom. The van der Waals surface area contributed by atoms with Crippen LogP contribution in [0, 0.1) is 0 Å². The summed E-state index contributed by atoms with van der Waals surface area (Å²) >= 11 is 7.35. The molecule has 0 radical (unpaired) electrons. The van der Waals surface area contributed by atoms with Crippen molar-refractivity contribution in [3.8, 4) is 11.5 Å². The summed E-state index contributed by atoms with van der Waals surface area (Å²) in [7, 11) is 1.77. The van der Waals surface area contributed by atoms with E-state index >= 15 is 0 Å². The van der Waals surface area contributed by atoms with Gasteiger partial charge in [0.25, 0.3) is 0 Å². The first-order valence-corrected chi connectivity index (χ1v) is 9.85. The molecule has 1 aliphatic heterocycles. The third-order valence-corrected chi connectivity index (χ3v) is 5.32. The van der Waals surface area contributed by atoms with Crippen LogP contribution in [0.1, 0.15) is 0 Å². The summed E-state index contributed by atoms with van der Waals surface area (Å²) in [6.45, 7) is 0.884. The molecule has 3 aromatic rings. The Morgan fingerprint density at radius 3 is 3.00 bits per heavy atom. The van der Waals surface area contributed by atoms with Crippen LogP contribution in [0.4, 0.5) is 0 Å². The summed E-state index contributed by atoms with van der Waals surface area (Å²) in [5.41, 5.74) is 1.69. The van der Waals surface area contributed by atoms with Crippen molar-refractivity contribution in [3.63, 3.8) is 0 Å². The van der Waals surface area contributed by atoms with Crippen molar-refractivity contribution in [2.45, 2.75) is 11.3 Å². The normalized spacial score (nSPS) is 15.7. The number of fused-ring (bicyclic) bond motifs is 2. The number of hydrogen-bond acceptors (Lipinski definition) is 5. The Balaban J connectivity index is 1.31. The molecule has 1 N–H and O–H groups in total. The Hall–Kier alpha value is -2.38. The summed E-state index contributed by atoms with van der Waals surface area (Å²) < 4.78 is 11.6. The molecule has 0 fully saturated rings. The number of nitrogens with one attached hydrogen (secondary N) is 1. The van der Waals surface area contributed by atoms with Crippen molar-refractivity contribution in [2.24, 2.45) is 0 Å². The van der Waals surface area contributed by atoms with E-state index in [2.05, 4.69) is 9.97 Å². The van der Waals surface area contributed by atoms with Gasteiger partial charge in [-0.2, -0.15) is 0 Å². The predicted molar refractivity (Wildman–Crippen MR) is 106 cm³/mol. The number of ether oxygens (including phenoxy) is 2. The van der Waals surface area contributed by atoms with Crippen molar-refractivity contribution in [2.75, 3.05) is 26.0 Å². The molecule has 1 unspecified atom stereocenters. The number of para-hydroxylation sites is 2. The lowest BCUT2D eigenvalue weighted by Gasteiger charge is -2.29. The molecule has 0 saturated heterocycles. The molecule has 2 aromatic carbocycles. The average molecular weight is 404 g/mol. The lowest BCUT2D eigenvalue weighted by atomic mass is 10.2. The molecule has 1 amide bonds. The number of likely N-dealkylation sites (N-methyl/N-ethyl adjacent to an activating group) is 1. The Morgan fingerprint density at radius 2 is 2.15 bits per heavy atom. The van der Waals surface area contributed by atoms with Crippen LogP contribution in [-0.4, -0.2) is 52.8 Å². The van der Waals surface area contributed by atoms with E-state index in [1.54, 1.807) is 18.0 Å². The maximum Gasteiger partial charge on any atom is 0.232 e. The van der Waals surface area contributed by atoms with E-state index in [0.29, 0.717) is 29.1 Å². The van der Waals surface area contributed by atoms with Crippen LogP contribution in [0.25, 0.3) is 11.0 Å². The summed E-state index contributed by atoms with van der Waals surface area (Å²) in [5.74, 6) is 1.74. The van der Waals surface area contributed by atoms with Gasteiger partial charge < -0.3 is 19.4 Å². The number of carbonyl (C=O) groups is 1. The summed E-state index contributed by atoms with van der Waals surface area (Å²) in [5, 5.41) is 1.34. The number of imidazole rings is 1. The number of H-pyrrole nitrogens is 1. The second kappa shape index (κ2) is 7.70. The molecule has 1 aliphatic rings. The summed E-state index contributed by atoms with van der Waals surface area (Å²) in [6.07, 6.45) is -0.188. The van der Waals surface area contributed by atoms with Gasteiger partial charge in [0, 0.05) is 12.1 Å². The Kier molecular flexibility index (Phi) is 5.13. The number of hydrogen-bond donors (Lipinski definition) is 1. The van der Waals surface area contributed by atoms with Crippen LogP contribution in [-0.2, 0) is 4.79 Å². The van der Waals surface area contributed by atoms with Crippen LogP contribution >= 0.6 is 23.4 Å². The van der Waals surface area contributed by atoms with Gasteiger partial charge in [-0.25, -0.2) is 4.98 Å². The van der Waals surface area contributed by atoms with Crippen LogP contribution in [0.5, 0.6) is 11.5 Å². The number of thioether (sulfide) groups is 1. The van der Waals surface area contributed by atoms with E-state index in [1.165, 1.54) is 11.8 Å². The zero-order valence-electron chi connectivity index (χ0n) is 14.6. The fraction of sp³-hybridized carbons (Fsp3) is 0.263. The molecule has 8 heteroatoms. The number of aromatic nitrogens is 2. The number of nitrogens with zero attached hydrogens (tertiary/aromatic N) is 2. The SMILES string of the molecule is CN(CC1COc2ccccc2O1)C(=O)CSc1nc2ccc(Cl)cc2[nH]1. The third kappa shape index (κ3) is 4.14. The van der Waals surface area contributed by atoms with Crippen molar-refractivity contribution in [3.05, 3.63) is 47.5 Å². The molecule has 0 spiro atoms. The van der Waals surface area contributed by atoms with Crippen molar-refractivity contribution < 1.29 is 14.3 Å². The maximum atomic E-state index is 12.5. The minimum atomic E-state index is -0.188. The fourth-order valence-corrected chi connectivity index (χ4v) is 3.83. The van der Waals surface area contributed by atoms with E-state index < -0.39 is 0 Å². The van der Waals surface area contributed by atoms with E-state index in [9.17, 15) is 4.79 Å². The minimum Gasteiger partial charge on any atom is -0.486 e. The summed E-state index contributed by atoms with van der Waals surface area (Å²) in [6, 6.07) is 13.0. The monoisotopic (exact) mass is 403 g/mol. The zero-order valence-corrected chi connectivity index (χ0v) is 16.2. The number of halogens is 1. The maximum absolute atomic E-state index is 12.5. The van der Waals surface area contributed by atoms with Gasteiger partial charge in [-0.1, -0.05) is 35.5 Å². The fourth-order valence-electron chi connectivity index (χ4n) is 2.83. The van der Waals surface area contributed by atoms with Gasteiger partial charge in [-0.15, -0.1) is 0 Å². The van der Waals surface area contributed by atoms with E-state index in [-0.39, 0.29) is 17.8 Å². The molecule has 0 bridgehead atoms. The highest BCUT2D eigenvalue weighted by Gasteiger charge is 2.23. The first-order valence-electron chi connectivity index (χ1n) is 8.49. The van der Waals surface area contributed by atoms with E-state index in [0.717, 1.165) is 16.8 Å². The highest BCUT2D eigenvalue weighted by Crippen LogP contribution is 2.31. The first-order chi connectivity index (χ1) is 13.1. The van der Waals surface area contributed by atoms with Crippen molar-refractivity contribution >= 4 is 40.3 Å². The Bertz CT molecular complexity index is 978. The number of rotatable bonds is 5. The molecule has 140 valence electrons. The van der Waals surface area contributed by atoms with Gasteiger partial charge in [0.1, 0.15) is 6.61 Å². The lowest BCUT2D eigenvalue weighted by molar-refractivity contribution is -0.128. The van der Waals surface area contributed by atoms with Crippen LogP contribution < -0.4 is 9.47 Å². The molecule has 0 aliphatic carbocycles. The van der Waals surface area contributed by atoms with Gasteiger partial charge in [-0.05, 0) is 30.3 Å². The van der Waals surface area contributed by atoms with E-state index in [4.69, 9.17) is 21.1 Å². The van der Waals surface area contributed by atoms with Crippen molar-refractivity contribution in [1.82, 2.24) is 14.9 Å². The molecule has 27 heavy (non-hydrogen) atoms. The second-order valence-corrected chi connectivity index (χ2v) is 7.66. The van der Waals surface area contributed by atoms with E-state index in [1.807, 2.05) is 36.4 Å². The number of aromatic amines is 1. The van der Waals surface area contributed by atoms with Crippen LogP contribution in [0.3, 0.4) is 0 Å². The molecular weight excluding hydrogens is 386 g/mol. The molecular formula is C19H18ClN3O3S. The first kappa shape index (κ1) is 18.0. The molecule has 1 atom stereocenters. The number of carbonyl (C=O) groups excluding carboxylic acids is 1. The van der Waals surface area contributed by atoms with Crippen molar-refractivity contribution in [1.29, 1.82) is 0 Å². The molecule has 2 heterocycles. The quantitative estimate of drug-likeness (QED) is 0.659. The topological polar surface area (TPSA) is 67.5 Å². The lowest BCUT2D eigenvalue weighted by Crippen LogP contribution is -2.42. The standard InChI is InChI=1S/C19H18ClN3O3S/c1-23(9-13-10-25-16-4-2-3-5-17(16)26-13)18(24)11-27-19-21-14-7-6-12(20)8-15(14)22-19/h2-8,13H,9-11H2,1H3,(H,21,22). The largest absolute Gasteiger partial charge is 0.486 e. The molecule has 6 nitrogen and oxygen atoms in total. The summed E-state index contributed by atoms with van der Waals surface area (Å²) in [4.78, 5) is 21.7. The zero-order chi connectivity index (χ0) is 18.8. The number of benzene rings is 2.